The van der Waals surface area contributed by atoms with Crippen molar-refractivity contribution in [2.45, 2.75) is 66.2 Å². The SMILES string of the molecule is C1CCCCC1.CCO[Si](OCC)(OCC)[SH](SS)SCC. The summed E-state index contributed by atoms with van der Waals surface area (Å²) >= 11 is 4.34. The summed E-state index contributed by atoms with van der Waals surface area (Å²) in [6, 6.07) is 0. The lowest BCUT2D eigenvalue weighted by Crippen LogP contribution is -2.44. The molecule has 0 amide bonds. The molecule has 136 valence electrons. The third-order valence-electron chi connectivity index (χ3n) is 3.02. The van der Waals surface area contributed by atoms with E-state index < -0.39 is 16.4 Å². The first-order valence-electron chi connectivity index (χ1n) is 8.37. The maximum absolute atomic E-state index is 5.85. The Labute approximate surface area is 153 Å². The maximum Gasteiger partial charge on any atom is 0.573 e. The fraction of sp³-hybridized carbons (Fsp3) is 1.00. The second-order valence-corrected chi connectivity index (χ2v) is 18.7. The van der Waals surface area contributed by atoms with Crippen molar-refractivity contribution in [1.82, 2.24) is 0 Å². The first kappa shape index (κ1) is 23.5. The maximum atomic E-state index is 5.85. The van der Waals surface area contributed by atoms with E-state index in [1.807, 2.05) is 31.6 Å². The molecular formula is C14H34O3S4Si. The van der Waals surface area contributed by atoms with E-state index in [-0.39, 0.29) is 0 Å². The molecule has 0 N–H and O–H groups in total. The lowest BCUT2D eigenvalue weighted by atomic mass is 10.0. The van der Waals surface area contributed by atoms with Crippen LogP contribution in [-0.4, -0.2) is 33.5 Å². The van der Waals surface area contributed by atoms with Gasteiger partial charge in [-0.3, -0.25) is 0 Å². The van der Waals surface area contributed by atoms with Crippen LogP contribution < -0.4 is 0 Å². The van der Waals surface area contributed by atoms with Crippen LogP contribution in [-0.2, 0) is 13.3 Å². The van der Waals surface area contributed by atoms with E-state index in [2.05, 4.69) is 18.6 Å². The molecule has 0 aromatic heterocycles. The number of rotatable bonds is 10. The van der Waals surface area contributed by atoms with Crippen LogP contribution >= 0.6 is 40.7 Å². The van der Waals surface area contributed by atoms with Crippen molar-refractivity contribution in [3.05, 3.63) is 0 Å². The fourth-order valence-electron chi connectivity index (χ4n) is 2.16. The van der Waals surface area contributed by atoms with Gasteiger partial charge in [0.1, 0.15) is 0 Å². The highest BCUT2D eigenvalue weighted by Crippen LogP contribution is 2.61. The molecule has 1 atom stereocenters. The summed E-state index contributed by atoms with van der Waals surface area (Å²) in [5.74, 6) is 1.03. The first-order valence-corrected chi connectivity index (χ1v) is 16.3. The van der Waals surface area contributed by atoms with E-state index in [9.17, 15) is 0 Å². The van der Waals surface area contributed by atoms with Gasteiger partial charge in [0.15, 0.2) is 0 Å². The highest BCUT2D eigenvalue weighted by Gasteiger charge is 2.48. The Morgan fingerprint density at radius 1 is 0.818 bits per heavy atom. The first-order chi connectivity index (χ1) is 10.7. The van der Waals surface area contributed by atoms with Gasteiger partial charge in [0, 0.05) is 19.8 Å². The zero-order valence-corrected chi connectivity index (χ0v) is 18.9. The number of hydrogen-bond donors (Lipinski definition) is 2. The van der Waals surface area contributed by atoms with Crippen LogP contribution in [0.25, 0.3) is 0 Å². The molecule has 0 heterocycles. The Bertz CT molecular complexity index is 218. The van der Waals surface area contributed by atoms with Crippen LogP contribution in [0.3, 0.4) is 0 Å². The average Bonchev–Trinajstić information content (AvgIpc) is 2.55. The monoisotopic (exact) mass is 406 g/mol. The lowest BCUT2D eigenvalue weighted by molar-refractivity contribution is 0.0969. The fourth-order valence-corrected chi connectivity index (χ4v) is 19.8. The predicted octanol–water partition coefficient (Wildman–Crippen LogP) is 6.03. The van der Waals surface area contributed by atoms with Crippen LogP contribution in [0.15, 0.2) is 0 Å². The molecule has 0 spiro atoms. The molecule has 1 aliphatic rings. The molecule has 1 aliphatic carbocycles. The number of hydrogen-bond acceptors (Lipinski definition) is 6. The number of thiol groups is 2. The van der Waals surface area contributed by atoms with Crippen molar-refractivity contribution in [3.8, 4) is 0 Å². The average molecular weight is 407 g/mol. The zero-order valence-electron chi connectivity index (χ0n) is 14.5. The van der Waals surface area contributed by atoms with Crippen molar-refractivity contribution in [2.24, 2.45) is 0 Å². The van der Waals surface area contributed by atoms with Crippen molar-refractivity contribution in [3.63, 3.8) is 0 Å². The molecule has 0 aromatic carbocycles. The molecule has 3 nitrogen and oxygen atoms in total. The predicted molar refractivity (Wildman–Crippen MR) is 112 cm³/mol. The van der Waals surface area contributed by atoms with Gasteiger partial charge >= 0.3 is 7.95 Å². The van der Waals surface area contributed by atoms with Crippen LogP contribution in [0.2, 0.25) is 0 Å². The topological polar surface area (TPSA) is 27.7 Å². The normalized spacial score (nSPS) is 17.6. The van der Waals surface area contributed by atoms with Gasteiger partial charge in [0.05, 0.1) is 0 Å². The molecule has 8 heteroatoms. The van der Waals surface area contributed by atoms with E-state index in [0.717, 1.165) is 5.75 Å². The Hall–Kier alpha value is 1.50. The Balaban J connectivity index is 0.000000604. The minimum Gasteiger partial charge on any atom is -0.366 e. The van der Waals surface area contributed by atoms with E-state index in [4.69, 9.17) is 13.3 Å². The summed E-state index contributed by atoms with van der Waals surface area (Å²) in [4.78, 5) is 0. The van der Waals surface area contributed by atoms with Crippen LogP contribution in [0.1, 0.15) is 66.2 Å². The molecule has 1 saturated carbocycles. The molecule has 0 radical (unpaired) electrons. The second-order valence-electron chi connectivity index (χ2n) is 4.70. The molecule has 0 bridgehead atoms. The van der Waals surface area contributed by atoms with Crippen molar-refractivity contribution >= 4 is 48.6 Å². The van der Waals surface area contributed by atoms with E-state index in [1.165, 1.54) is 48.4 Å². The second kappa shape index (κ2) is 16.0. The molecule has 0 aliphatic heterocycles. The highest BCUT2D eigenvalue weighted by atomic mass is 33.8. The van der Waals surface area contributed by atoms with E-state index in [1.54, 1.807) is 0 Å². The van der Waals surface area contributed by atoms with Gasteiger partial charge in [-0.2, -0.15) is 0 Å². The molecule has 1 unspecified atom stereocenters. The van der Waals surface area contributed by atoms with Crippen molar-refractivity contribution < 1.29 is 13.3 Å². The molecule has 0 saturated heterocycles. The van der Waals surface area contributed by atoms with Gasteiger partial charge in [-0.25, -0.2) is 0 Å². The highest BCUT2D eigenvalue weighted by molar-refractivity contribution is 9.36. The van der Waals surface area contributed by atoms with Crippen LogP contribution in [0.4, 0.5) is 0 Å². The van der Waals surface area contributed by atoms with E-state index >= 15 is 0 Å². The largest absolute Gasteiger partial charge is 0.573 e. The summed E-state index contributed by atoms with van der Waals surface area (Å²) < 4.78 is 17.5. The minimum atomic E-state index is -2.53. The third kappa shape index (κ3) is 9.71. The zero-order chi connectivity index (χ0) is 16.7. The van der Waals surface area contributed by atoms with Gasteiger partial charge in [0.2, 0.25) is 0 Å². The lowest BCUT2D eigenvalue weighted by Gasteiger charge is -2.35. The summed E-state index contributed by atoms with van der Waals surface area (Å²) in [5, 5.41) is 0. The van der Waals surface area contributed by atoms with Gasteiger partial charge < -0.3 is 13.3 Å². The Morgan fingerprint density at radius 2 is 1.18 bits per heavy atom. The summed E-state index contributed by atoms with van der Waals surface area (Å²) in [7, 11) is 0.286. The van der Waals surface area contributed by atoms with Gasteiger partial charge in [-0.05, 0) is 36.3 Å². The van der Waals surface area contributed by atoms with Crippen molar-refractivity contribution in [1.29, 1.82) is 0 Å². The Kier molecular flexibility index (Phi) is 17.1. The van der Waals surface area contributed by atoms with Gasteiger partial charge in [-0.15, -0.1) is 22.5 Å². The summed E-state index contributed by atoms with van der Waals surface area (Å²) in [6.07, 6.45) is 9.00. The van der Waals surface area contributed by atoms with Crippen LogP contribution in [0.5, 0.6) is 0 Å². The standard InChI is InChI=1S/C8H22O3S4Si.C6H12/c1-5-9-16(10-6-2,11-7-3)15(14-12)13-8-4;1-2-4-6-5-3-1/h12,15H,5-8H2,1-4H3;1-6H2. The van der Waals surface area contributed by atoms with Gasteiger partial charge in [0.25, 0.3) is 0 Å². The molecule has 1 fully saturated rings. The third-order valence-corrected chi connectivity index (χ3v) is 22.0. The van der Waals surface area contributed by atoms with E-state index in [0.29, 0.717) is 19.8 Å². The Morgan fingerprint density at radius 3 is 1.41 bits per heavy atom. The smallest absolute Gasteiger partial charge is 0.366 e. The molecule has 1 rings (SSSR count). The summed E-state index contributed by atoms with van der Waals surface area (Å²) in [5.41, 5.74) is 0. The summed E-state index contributed by atoms with van der Waals surface area (Å²) in [6.45, 7) is 9.96. The molecular weight excluding hydrogens is 373 g/mol. The van der Waals surface area contributed by atoms with Crippen LogP contribution in [0, 0.1) is 0 Å². The quantitative estimate of drug-likeness (QED) is 0.262. The minimum absolute atomic E-state index is 0.554. The van der Waals surface area contributed by atoms with Gasteiger partial charge in [-0.1, -0.05) is 53.9 Å². The molecule has 22 heavy (non-hydrogen) atoms. The molecule has 0 aromatic rings. The van der Waals surface area contributed by atoms with Crippen molar-refractivity contribution in [2.75, 3.05) is 25.6 Å².